The van der Waals surface area contributed by atoms with Gasteiger partial charge >= 0.3 is 0 Å². The number of nitrogens with one attached hydrogen (secondary N) is 1. The molecule has 0 saturated carbocycles. The van der Waals surface area contributed by atoms with Gasteiger partial charge in [-0.2, -0.15) is 0 Å². The van der Waals surface area contributed by atoms with E-state index in [9.17, 15) is 8.78 Å². The van der Waals surface area contributed by atoms with Crippen LogP contribution < -0.4 is 5.32 Å². The van der Waals surface area contributed by atoms with Crippen molar-refractivity contribution in [2.75, 3.05) is 6.61 Å². The lowest BCUT2D eigenvalue weighted by atomic mass is 10.0. The number of rotatable bonds is 5. The van der Waals surface area contributed by atoms with Crippen LogP contribution in [0.3, 0.4) is 0 Å². The van der Waals surface area contributed by atoms with Crippen LogP contribution in [-0.4, -0.2) is 17.8 Å². The van der Waals surface area contributed by atoms with E-state index in [4.69, 9.17) is 5.11 Å². The molecular formula is C15H19F2NO. The number of benzene rings is 1. The summed E-state index contributed by atoms with van der Waals surface area (Å²) in [6, 6.07) is 3.68. The van der Waals surface area contributed by atoms with Gasteiger partial charge in [-0.1, -0.05) is 25.1 Å². The van der Waals surface area contributed by atoms with Gasteiger partial charge in [0.1, 0.15) is 11.6 Å². The van der Waals surface area contributed by atoms with E-state index < -0.39 is 11.6 Å². The van der Waals surface area contributed by atoms with Crippen LogP contribution in [0.25, 0.3) is 0 Å². The smallest absolute Gasteiger partial charge is 0.130 e. The first-order chi connectivity index (χ1) is 9.13. The molecule has 1 aliphatic rings. The lowest BCUT2D eigenvalue weighted by Crippen LogP contribution is -2.31. The second-order valence-corrected chi connectivity index (χ2v) is 4.96. The lowest BCUT2D eigenvalue weighted by molar-refractivity contribution is 0.244. The highest BCUT2D eigenvalue weighted by Gasteiger charge is 2.22. The molecule has 1 aliphatic carbocycles. The summed E-state index contributed by atoms with van der Waals surface area (Å²) in [6.07, 6.45) is 5.52. The average molecular weight is 267 g/mol. The van der Waals surface area contributed by atoms with Crippen LogP contribution in [0.4, 0.5) is 8.78 Å². The summed E-state index contributed by atoms with van der Waals surface area (Å²) in [5.74, 6) is -0.898. The summed E-state index contributed by atoms with van der Waals surface area (Å²) in [6.45, 7) is 2.10. The highest BCUT2D eigenvalue weighted by molar-refractivity contribution is 5.23. The fraction of sp³-hybridized carbons (Fsp3) is 0.467. The molecule has 0 aliphatic heterocycles. The molecule has 2 N–H and O–H groups in total. The molecule has 1 aromatic rings. The van der Waals surface area contributed by atoms with Gasteiger partial charge in [-0.05, 0) is 18.9 Å². The van der Waals surface area contributed by atoms with Crippen molar-refractivity contribution in [1.29, 1.82) is 0 Å². The topological polar surface area (TPSA) is 32.3 Å². The third kappa shape index (κ3) is 3.39. The maximum absolute atomic E-state index is 13.8. The maximum Gasteiger partial charge on any atom is 0.130 e. The number of hydrogen-bond acceptors (Lipinski definition) is 2. The number of aliphatic hydroxyl groups is 1. The van der Waals surface area contributed by atoms with E-state index in [2.05, 4.69) is 5.32 Å². The molecule has 2 rings (SSSR count). The Morgan fingerprint density at radius 3 is 2.74 bits per heavy atom. The van der Waals surface area contributed by atoms with Crippen LogP contribution in [0.5, 0.6) is 0 Å². The molecule has 0 unspecified atom stereocenters. The molecule has 0 amide bonds. The van der Waals surface area contributed by atoms with Crippen LogP contribution in [0.15, 0.2) is 30.4 Å². The molecule has 19 heavy (non-hydrogen) atoms. The van der Waals surface area contributed by atoms with Gasteiger partial charge in [-0.25, -0.2) is 8.78 Å². The van der Waals surface area contributed by atoms with Gasteiger partial charge in [0, 0.05) is 36.2 Å². The second kappa shape index (κ2) is 6.26. The van der Waals surface area contributed by atoms with Crippen molar-refractivity contribution < 1.29 is 13.9 Å². The van der Waals surface area contributed by atoms with Gasteiger partial charge in [0.05, 0.1) is 0 Å². The van der Waals surface area contributed by atoms with E-state index in [1.165, 1.54) is 12.1 Å². The van der Waals surface area contributed by atoms with Gasteiger partial charge in [0.15, 0.2) is 0 Å². The van der Waals surface area contributed by atoms with Gasteiger partial charge in [0.2, 0.25) is 0 Å². The van der Waals surface area contributed by atoms with E-state index in [1.807, 2.05) is 19.1 Å². The number of halogens is 2. The quantitative estimate of drug-likeness (QED) is 0.804. The van der Waals surface area contributed by atoms with Crippen LogP contribution >= 0.6 is 0 Å². The summed E-state index contributed by atoms with van der Waals surface area (Å²) < 4.78 is 26.7. The zero-order chi connectivity index (χ0) is 13.8. The molecule has 0 heterocycles. The van der Waals surface area contributed by atoms with E-state index in [-0.39, 0.29) is 24.6 Å². The molecule has 0 spiro atoms. The van der Waals surface area contributed by atoms with Crippen LogP contribution in [0, 0.1) is 17.6 Å². The van der Waals surface area contributed by atoms with E-state index >= 15 is 0 Å². The molecular weight excluding hydrogens is 248 g/mol. The molecule has 2 nitrogen and oxygen atoms in total. The van der Waals surface area contributed by atoms with Crippen molar-refractivity contribution in [1.82, 2.24) is 5.32 Å². The standard InChI is InChI=1S/C15H19F2NO/c1-2-15(13-6-4-11(16)8-14(13)17)18-12-5-3-10(7-12)9-19/h3-6,8,10,12,15,18-19H,2,7,9H2,1H3/t10-,12+,15+/m0/s1. The first-order valence-corrected chi connectivity index (χ1v) is 6.64. The van der Waals surface area contributed by atoms with Crippen molar-refractivity contribution in [3.8, 4) is 0 Å². The summed E-state index contributed by atoms with van der Waals surface area (Å²) in [7, 11) is 0. The van der Waals surface area contributed by atoms with E-state index in [0.717, 1.165) is 18.9 Å². The van der Waals surface area contributed by atoms with E-state index in [0.29, 0.717) is 5.56 Å². The Kier molecular flexibility index (Phi) is 4.66. The third-order valence-corrected chi connectivity index (χ3v) is 3.57. The van der Waals surface area contributed by atoms with Crippen LogP contribution in [-0.2, 0) is 0 Å². The third-order valence-electron chi connectivity index (χ3n) is 3.57. The predicted molar refractivity (Wildman–Crippen MR) is 70.6 cm³/mol. The Balaban J connectivity index is 2.06. The summed E-state index contributed by atoms with van der Waals surface area (Å²) in [5.41, 5.74) is 0.491. The second-order valence-electron chi connectivity index (χ2n) is 4.96. The molecule has 0 saturated heterocycles. The fourth-order valence-corrected chi connectivity index (χ4v) is 2.50. The normalized spacial score (nSPS) is 23.8. The van der Waals surface area contributed by atoms with Crippen molar-refractivity contribution >= 4 is 0 Å². The van der Waals surface area contributed by atoms with Gasteiger partial charge in [-0.3, -0.25) is 0 Å². The number of hydrogen-bond donors (Lipinski definition) is 2. The first-order valence-electron chi connectivity index (χ1n) is 6.64. The zero-order valence-electron chi connectivity index (χ0n) is 10.9. The SMILES string of the molecule is CC[C@@H](N[C@@H]1C=C[C@H](CO)C1)c1ccc(F)cc1F. The Hall–Kier alpha value is -1.26. The lowest BCUT2D eigenvalue weighted by Gasteiger charge is -2.22. The zero-order valence-corrected chi connectivity index (χ0v) is 10.9. The molecule has 0 radical (unpaired) electrons. The van der Waals surface area contributed by atoms with Crippen molar-refractivity contribution in [3.63, 3.8) is 0 Å². The molecule has 4 heteroatoms. The highest BCUT2D eigenvalue weighted by Crippen LogP contribution is 2.25. The molecule has 0 fully saturated rings. The minimum Gasteiger partial charge on any atom is -0.396 e. The molecule has 3 atom stereocenters. The number of aliphatic hydroxyl groups excluding tert-OH is 1. The van der Waals surface area contributed by atoms with Crippen molar-refractivity contribution in [3.05, 3.63) is 47.5 Å². The monoisotopic (exact) mass is 267 g/mol. The van der Waals surface area contributed by atoms with E-state index in [1.54, 1.807) is 0 Å². The van der Waals surface area contributed by atoms with Crippen LogP contribution in [0.1, 0.15) is 31.4 Å². The summed E-state index contributed by atoms with van der Waals surface area (Å²) in [5, 5.41) is 12.4. The van der Waals surface area contributed by atoms with Crippen molar-refractivity contribution in [2.24, 2.45) is 5.92 Å². The Morgan fingerprint density at radius 2 is 2.16 bits per heavy atom. The summed E-state index contributed by atoms with van der Waals surface area (Å²) in [4.78, 5) is 0. The van der Waals surface area contributed by atoms with Gasteiger partial charge in [-0.15, -0.1) is 0 Å². The van der Waals surface area contributed by atoms with Gasteiger partial charge < -0.3 is 10.4 Å². The van der Waals surface area contributed by atoms with Crippen molar-refractivity contribution in [2.45, 2.75) is 31.8 Å². The molecule has 104 valence electrons. The van der Waals surface area contributed by atoms with Gasteiger partial charge in [0.25, 0.3) is 0 Å². The minimum absolute atomic E-state index is 0.131. The highest BCUT2D eigenvalue weighted by atomic mass is 19.1. The Labute approximate surface area is 112 Å². The Bertz CT molecular complexity index is 461. The van der Waals surface area contributed by atoms with Crippen LogP contribution in [0.2, 0.25) is 0 Å². The fourth-order valence-electron chi connectivity index (χ4n) is 2.50. The molecule has 0 bridgehead atoms. The average Bonchev–Trinajstić information content (AvgIpc) is 2.84. The largest absolute Gasteiger partial charge is 0.396 e. The minimum atomic E-state index is -0.558. The Morgan fingerprint density at radius 1 is 1.37 bits per heavy atom. The molecule has 1 aromatic carbocycles. The summed E-state index contributed by atoms with van der Waals surface area (Å²) >= 11 is 0. The first kappa shape index (κ1) is 14.2. The maximum atomic E-state index is 13.8. The predicted octanol–water partition coefficient (Wildman–Crippen LogP) is 2.94. The molecule has 0 aromatic heterocycles.